The number of aliphatic carboxylic acids is 1. The molecule has 1 saturated heterocycles. The molecule has 1 aromatic rings. The number of carboxylic acid groups (broad SMARTS) is 1. The van der Waals surface area contributed by atoms with Crippen LogP contribution in [0, 0.1) is 0 Å². The van der Waals surface area contributed by atoms with Crippen molar-refractivity contribution in [1.82, 2.24) is 4.90 Å². The van der Waals surface area contributed by atoms with Crippen molar-refractivity contribution in [3.8, 4) is 0 Å². The Morgan fingerprint density at radius 3 is 2.63 bits per heavy atom. The Balaban J connectivity index is 2.10. The third kappa shape index (κ3) is 2.95. The first-order chi connectivity index (χ1) is 9.13. The first kappa shape index (κ1) is 13.6. The van der Waals surface area contributed by atoms with Gasteiger partial charge in [-0.1, -0.05) is 31.2 Å². The Kier molecular flexibility index (Phi) is 4.20. The molecule has 1 aromatic carbocycles. The van der Waals surface area contributed by atoms with E-state index >= 15 is 0 Å². The number of amides is 1. The average molecular weight is 261 g/mol. The minimum atomic E-state index is -0.894. The maximum absolute atomic E-state index is 12.3. The fourth-order valence-corrected chi connectivity index (χ4v) is 2.66. The Bertz CT molecular complexity index is 484. The topological polar surface area (TPSA) is 57.6 Å². The van der Waals surface area contributed by atoms with Gasteiger partial charge < -0.3 is 10.0 Å². The molecule has 0 spiro atoms. The first-order valence-corrected chi connectivity index (χ1v) is 6.72. The van der Waals surface area contributed by atoms with Crippen LogP contribution in [-0.2, 0) is 22.4 Å². The third-order valence-electron chi connectivity index (χ3n) is 3.70. The largest absolute Gasteiger partial charge is 0.480 e. The van der Waals surface area contributed by atoms with Gasteiger partial charge in [-0.2, -0.15) is 0 Å². The second kappa shape index (κ2) is 5.87. The number of aryl methyl sites for hydroxylation is 1. The number of carbonyl (C=O) groups is 2. The summed E-state index contributed by atoms with van der Waals surface area (Å²) in [6.45, 7) is 2.61. The normalized spacial score (nSPS) is 18.6. The molecule has 4 heteroatoms. The van der Waals surface area contributed by atoms with E-state index in [9.17, 15) is 9.59 Å². The van der Waals surface area contributed by atoms with Crippen LogP contribution in [0.4, 0.5) is 0 Å². The monoisotopic (exact) mass is 261 g/mol. The summed E-state index contributed by atoms with van der Waals surface area (Å²) >= 11 is 0. The molecule has 0 aromatic heterocycles. The molecule has 1 aliphatic rings. The van der Waals surface area contributed by atoms with Gasteiger partial charge in [0.2, 0.25) is 5.91 Å². The molecule has 0 radical (unpaired) electrons. The highest BCUT2D eigenvalue weighted by Gasteiger charge is 2.33. The van der Waals surface area contributed by atoms with Crippen molar-refractivity contribution < 1.29 is 14.7 Å². The molecule has 1 heterocycles. The van der Waals surface area contributed by atoms with Gasteiger partial charge >= 0.3 is 5.97 Å². The Morgan fingerprint density at radius 2 is 2.00 bits per heavy atom. The van der Waals surface area contributed by atoms with Crippen molar-refractivity contribution in [1.29, 1.82) is 0 Å². The number of carboxylic acids is 1. The summed E-state index contributed by atoms with van der Waals surface area (Å²) in [7, 11) is 0. The summed E-state index contributed by atoms with van der Waals surface area (Å²) in [5.74, 6) is -0.972. The van der Waals surface area contributed by atoms with Crippen molar-refractivity contribution in [2.24, 2.45) is 0 Å². The Labute approximate surface area is 113 Å². The zero-order valence-corrected chi connectivity index (χ0v) is 11.1. The smallest absolute Gasteiger partial charge is 0.326 e. The van der Waals surface area contributed by atoms with E-state index in [1.807, 2.05) is 24.3 Å². The lowest BCUT2D eigenvalue weighted by Crippen LogP contribution is -2.41. The zero-order valence-electron chi connectivity index (χ0n) is 11.1. The molecular weight excluding hydrogens is 242 g/mol. The molecule has 1 fully saturated rings. The summed E-state index contributed by atoms with van der Waals surface area (Å²) in [5, 5.41) is 9.11. The molecule has 0 saturated carbocycles. The molecule has 1 atom stereocenters. The maximum Gasteiger partial charge on any atom is 0.326 e. The van der Waals surface area contributed by atoms with Crippen LogP contribution in [0.5, 0.6) is 0 Å². The minimum absolute atomic E-state index is 0.0780. The van der Waals surface area contributed by atoms with E-state index in [1.165, 1.54) is 4.90 Å². The molecule has 1 aliphatic heterocycles. The SMILES string of the molecule is CCc1ccccc1CC(=O)N1CCCC1C(=O)O. The van der Waals surface area contributed by atoms with Crippen molar-refractivity contribution >= 4 is 11.9 Å². The van der Waals surface area contributed by atoms with Gasteiger partial charge in [0.1, 0.15) is 6.04 Å². The van der Waals surface area contributed by atoms with Gasteiger partial charge in [0, 0.05) is 6.54 Å². The second-order valence-corrected chi connectivity index (χ2v) is 4.88. The van der Waals surface area contributed by atoms with Crippen molar-refractivity contribution in [3.63, 3.8) is 0 Å². The van der Waals surface area contributed by atoms with Crippen molar-refractivity contribution in [2.45, 2.75) is 38.6 Å². The first-order valence-electron chi connectivity index (χ1n) is 6.72. The number of hydrogen-bond acceptors (Lipinski definition) is 2. The summed E-state index contributed by atoms with van der Waals surface area (Å²) in [4.78, 5) is 24.9. The van der Waals surface area contributed by atoms with Gasteiger partial charge in [-0.3, -0.25) is 4.79 Å². The number of hydrogen-bond donors (Lipinski definition) is 1. The number of nitrogens with zero attached hydrogens (tertiary/aromatic N) is 1. The van der Waals surface area contributed by atoms with Gasteiger partial charge in [0.15, 0.2) is 0 Å². The van der Waals surface area contributed by atoms with Gasteiger partial charge in [0.25, 0.3) is 0 Å². The van der Waals surface area contributed by atoms with E-state index in [2.05, 4.69) is 6.92 Å². The van der Waals surface area contributed by atoms with Crippen LogP contribution in [0.25, 0.3) is 0 Å². The second-order valence-electron chi connectivity index (χ2n) is 4.88. The number of carbonyl (C=O) groups excluding carboxylic acids is 1. The minimum Gasteiger partial charge on any atom is -0.480 e. The summed E-state index contributed by atoms with van der Waals surface area (Å²) in [6, 6.07) is 7.20. The Morgan fingerprint density at radius 1 is 1.32 bits per heavy atom. The number of rotatable bonds is 4. The lowest BCUT2D eigenvalue weighted by atomic mass is 10.0. The fourth-order valence-electron chi connectivity index (χ4n) is 2.66. The molecule has 102 valence electrons. The van der Waals surface area contributed by atoms with E-state index < -0.39 is 12.0 Å². The Hall–Kier alpha value is -1.84. The summed E-state index contributed by atoms with van der Waals surface area (Å²) in [5.41, 5.74) is 2.16. The highest BCUT2D eigenvalue weighted by molar-refractivity contribution is 5.85. The van der Waals surface area contributed by atoms with E-state index in [4.69, 9.17) is 5.11 Å². The molecule has 4 nitrogen and oxygen atoms in total. The van der Waals surface area contributed by atoms with E-state index in [0.29, 0.717) is 19.4 Å². The fraction of sp³-hybridized carbons (Fsp3) is 0.467. The highest BCUT2D eigenvalue weighted by Crippen LogP contribution is 2.20. The van der Waals surface area contributed by atoms with E-state index in [0.717, 1.165) is 24.0 Å². The summed E-state index contributed by atoms with van der Waals surface area (Å²) < 4.78 is 0. The van der Waals surface area contributed by atoms with Crippen LogP contribution in [0.15, 0.2) is 24.3 Å². The van der Waals surface area contributed by atoms with Gasteiger partial charge in [0.05, 0.1) is 6.42 Å². The molecule has 2 rings (SSSR count). The zero-order chi connectivity index (χ0) is 13.8. The molecule has 1 amide bonds. The maximum atomic E-state index is 12.3. The van der Waals surface area contributed by atoms with E-state index in [-0.39, 0.29) is 5.91 Å². The lowest BCUT2D eigenvalue weighted by Gasteiger charge is -2.22. The molecular formula is C15H19NO3. The number of benzene rings is 1. The van der Waals surface area contributed by atoms with Gasteiger partial charge in [-0.05, 0) is 30.4 Å². The van der Waals surface area contributed by atoms with Crippen molar-refractivity contribution in [2.75, 3.05) is 6.54 Å². The lowest BCUT2D eigenvalue weighted by molar-refractivity contribution is -0.148. The van der Waals surface area contributed by atoms with Crippen molar-refractivity contribution in [3.05, 3.63) is 35.4 Å². The predicted octanol–water partition coefficient (Wildman–Crippen LogP) is 1.87. The average Bonchev–Trinajstić information content (AvgIpc) is 2.88. The van der Waals surface area contributed by atoms with E-state index in [1.54, 1.807) is 0 Å². The molecule has 1 N–H and O–H groups in total. The molecule has 1 unspecified atom stereocenters. The molecule has 0 bridgehead atoms. The van der Waals surface area contributed by atoms with Crippen LogP contribution < -0.4 is 0 Å². The predicted molar refractivity (Wildman–Crippen MR) is 71.9 cm³/mol. The van der Waals surface area contributed by atoms with Gasteiger partial charge in [-0.25, -0.2) is 4.79 Å². The molecule has 19 heavy (non-hydrogen) atoms. The highest BCUT2D eigenvalue weighted by atomic mass is 16.4. The third-order valence-corrected chi connectivity index (χ3v) is 3.70. The van der Waals surface area contributed by atoms with Gasteiger partial charge in [-0.15, -0.1) is 0 Å². The van der Waals surface area contributed by atoms with Crippen LogP contribution in [-0.4, -0.2) is 34.5 Å². The van der Waals surface area contributed by atoms with Crippen LogP contribution in [0.2, 0.25) is 0 Å². The standard InChI is InChI=1S/C15H19NO3/c1-2-11-6-3-4-7-12(11)10-14(17)16-9-5-8-13(16)15(18)19/h3-4,6-7,13H,2,5,8-10H2,1H3,(H,18,19). The summed E-state index contributed by atoms with van der Waals surface area (Å²) in [6.07, 6.45) is 2.52. The van der Waals surface area contributed by atoms with Crippen LogP contribution in [0.3, 0.4) is 0 Å². The van der Waals surface area contributed by atoms with Crippen LogP contribution >= 0.6 is 0 Å². The molecule has 0 aliphatic carbocycles. The quantitative estimate of drug-likeness (QED) is 0.900. The van der Waals surface area contributed by atoms with Crippen LogP contribution in [0.1, 0.15) is 30.9 Å². The number of likely N-dealkylation sites (tertiary alicyclic amines) is 1.